The fraction of sp³-hybridized carbons (Fsp3) is 0.296. The number of benzene rings is 3. The number of nitrogens with one attached hydrogen (secondary N) is 1. The van der Waals surface area contributed by atoms with E-state index in [0.29, 0.717) is 43.8 Å². The molecule has 1 saturated carbocycles. The van der Waals surface area contributed by atoms with Crippen molar-refractivity contribution in [3.8, 4) is 16.9 Å². The third-order valence-electron chi connectivity index (χ3n) is 6.51. The van der Waals surface area contributed by atoms with Crippen LogP contribution in [0.2, 0.25) is 5.02 Å². The highest BCUT2D eigenvalue weighted by Gasteiger charge is 2.29. The molecule has 0 aliphatic heterocycles. The largest absolute Gasteiger partial charge is 0.434 e. The normalized spacial score (nSPS) is 14.9. The van der Waals surface area contributed by atoms with E-state index in [1.54, 1.807) is 42.5 Å². The van der Waals surface area contributed by atoms with E-state index in [1.807, 2.05) is 19.1 Å². The smallest absolute Gasteiger partial charge is 0.387 e. The van der Waals surface area contributed by atoms with E-state index in [-0.39, 0.29) is 17.4 Å². The summed E-state index contributed by atoms with van der Waals surface area (Å²) in [6, 6.07) is 17.0. The zero-order valence-electron chi connectivity index (χ0n) is 19.5. The third-order valence-corrected chi connectivity index (χ3v) is 8.73. The van der Waals surface area contributed by atoms with Crippen molar-refractivity contribution in [1.82, 2.24) is 9.97 Å². The van der Waals surface area contributed by atoms with E-state index in [9.17, 15) is 17.2 Å². The monoisotopic (exact) mass is 530 g/mol. The minimum atomic E-state index is -3.27. The molecule has 1 atom stereocenters. The average Bonchev–Trinajstić information content (AvgIpc) is 3.55. The van der Waals surface area contributed by atoms with Gasteiger partial charge in [0.15, 0.2) is 9.84 Å². The zero-order chi connectivity index (χ0) is 25.4. The van der Waals surface area contributed by atoms with Crippen molar-refractivity contribution >= 4 is 32.5 Å². The lowest BCUT2D eigenvalue weighted by atomic mass is 9.96. The molecule has 0 unspecified atom stereocenters. The molecule has 1 heterocycles. The number of halogens is 3. The Morgan fingerprint density at radius 1 is 1.08 bits per heavy atom. The fourth-order valence-electron chi connectivity index (χ4n) is 4.49. The molecular formula is C27H25ClF2N2O3S. The van der Waals surface area contributed by atoms with Crippen molar-refractivity contribution < 1.29 is 21.9 Å². The van der Waals surface area contributed by atoms with Gasteiger partial charge >= 0.3 is 6.61 Å². The summed E-state index contributed by atoms with van der Waals surface area (Å²) in [6.45, 7) is -0.919. The molecule has 1 N–H and O–H groups in total. The lowest BCUT2D eigenvalue weighted by Crippen LogP contribution is -2.09. The number of hydrogen-bond acceptors (Lipinski definition) is 4. The van der Waals surface area contributed by atoms with E-state index in [1.165, 1.54) is 6.07 Å². The molecule has 1 fully saturated rings. The number of aromatic amines is 1. The Kier molecular flexibility index (Phi) is 6.74. The van der Waals surface area contributed by atoms with Gasteiger partial charge in [-0.3, -0.25) is 0 Å². The maximum atomic E-state index is 12.9. The summed E-state index contributed by atoms with van der Waals surface area (Å²) in [5.41, 5.74) is 3.29. The van der Waals surface area contributed by atoms with Gasteiger partial charge in [0.25, 0.3) is 0 Å². The number of alkyl halides is 2. The van der Waals surface area contributed by atoms with Crippen LogP contribution in [0.1, 0.15) is 43.5 Å². The van der Waals surface area contributed by atoms with Gasteiger partial charge in [-0.2, -0.15) is 8.78 Å². The van der Waals surface area contributed by atoms with E-state index in [4.69, 9.17) is 16.6 Å². The number of para-hydroxylation sites is 1. The number of ether oxygens (including phenoxy) is 1. The van der Waals surface area contributed by atoms with E-state index in [2.05, 4.69) is 9.72 Å². The van der Waals surface area contributed by atoms with Gasteiger partial charge in [-0.1, -0.05) is 48.9 Å². The number of fused-ring (bicyclic) bond motifs is 1. The summed E-state index contributed by atoms with van der Waals surface area (Å²) in [6.07, 6.45) is 2.70. The first-order chi connectivity index (χ1) is 17.2. The molecule has 0 spiro atoms. The first-order valence-corrected chi connectivity index (χ1v) is 13.8. The first kappa shape index (κ1) is 24.7. The van der Waals surface area contributed by atoms with Crippen molar-refractivity contribution in [3.05, 3.63) is 77.1 Å². The first-order valence-electron chi connectivity index (χ1n) is 11.8. The SMILES string of the molecule is CC[C@@H](c1ccc(S(=O)(=O)CC2CC2)cc1)c1nc2cc(-c3ccccc3OC(F)F)c(Cl)cc2[nH]1. The van der Waals surface area contributed by atoms with Crippen molar-refractivity contribution in [1.29, 1.82) is 0 Å². The van der Waals surface area contributed by atoms with Crippen molar-refractivity contribution in [2.24, 2.45) is 5.92 Å². The number of nitrogens with zero attached hydrogens (tertiary/aromatic N) is 1. The lowest BCUT2D eigenvalue weighted by molar-refractivity contribution is -0.0494. The van der Waals surface area contributed by atoms with Crippen molar-refractivity contribution in [2.45, 2.75) is 43.6 Å². The summed E-state index contributed by atoms with van der Waals surface area (Å²) in [7, 11) is -3.27. The summed E-state index contributed by atoms with van der Waals surface area (Å²) < 4.78 is 55.7. The van der Waals surface area contributed by atoms with E-state index in [0.717, 1.165) is 24.8 Å². The lowest BCUT2D eigenvalue weighted by Gasteiger charge is -2.13. The Morgan fingerprint density at radius 2 is 1.81 bits per heavy atom. The van der Waals surface area contributed by atoms with Gasteiger partial charge in [-0.05, 0) is 61.1 Å². The highest BCUT2D eigenvalue weighted by Crippen LogP contribution is 2.38. The highest BCUT2D eigenvalue weighted by molar-refractivity contribution is 7.91. The number of rotatable bonds is 9. The molecule has 188 valence electrons. The van der Waals surface area contributed by atoms with E-state index >= 15 is 0 Å². The Bertz CT molecular complexity index is 1500. The fourth-order valence-corrected chi connectivity index (χ4v) is 6.46. The van der Waals surface area contributed by atoms with Gasteiger partial charge < -0.3 is 9.72 Å². The second kappa shape index (κ2) is 9.82. The zero-order valence-corrected chi connectivity index (χ0v) is 21.1. The molecule has 3 aromatic carbocycles. The van der Waals surface area contributed by atoms with Crippen LogP contribution in [0, 0.1) is 5.92 Å². The van der Waals surface area contributed by atoms with Crippen LogP contribution in [0.3, 0.4) is 0 Å². The van der Waals surface area contributed by atoms with Gasteiger partial charge in [-0.25, -0.2) is 13.4 Å². The molecule has 1 aliphatic carbocycles. The van der Waals surface area contributed by atoms with Crippen LogP contribution in [0.4, 0.5) is 8.78 Å². The second-order valence-corrected chi connectivity index (χ2v) is 11.5. The molecule has 0 amide bonds. The predicted octanol–water partition coefficient (Wildman–Crippen LogP) is 7.21. The molecule has 0 saturated heterocycles. The van der Waals surface area contributed by atoms with Crippen LogP contribution in [0.15, 0.2) is 65.6 Å². The van der Waals surface area contributed by atoms with Crippen LogP contribution in [0.5, 0.6) is 5.75 Å². The average molecular weight is 531 g/mol. The molecule has 1 aliphatic rings. The number of aromatic nitrogens is 2. The van der Waals surface area contributed by atoms with Crippen LogP contribution in [0.25, 0.3) is 22.2 Å². The minimum Gasteiger partial charge on any atom is -0.434 e. The molecule has 4 aromatic rings. The molecular weight excluding hydrogens is 506 g/mol. The number of imidazole rings is 1. The van der Waals surface area contributed by atoms with Gasteiger partial charge in [-0.15, -0.1) is 0 Å². The Labute approximate surface area is 213 Å². The summed E-state index contributed by atoms with van der Waals surface area (Å²) in [4.78, 5) is 8.45. The number of H-pyrrole nitrogens is 1. The molecule has 5 rings (SSSR count). The molecule has 0 radical (unpaired) electrons. The topological polar surface area (TPSA) is 72.1 Å². The molecule has 36 heavy (non-hydrogen) atoms. The summed E-state index contributed by atoms with van der Waals surface area (Å²) >= 11 is 6.54. The minimum absolute atomic E-state index is 0.0349. The Morgan fingerprint density at radius 3 is 2.47 bits per heavy atom. The maximum Gasteiger partial charge on any atom is 0.387 e. The van der Waals surface area contributed by atoms with Gasteiger partial charge in [0.1, 0.15) is 11.6 Å². The number of sulfone groups is 1. The molecule has 1 aromatic heterocycles. The van der Waals surface area contributed by atoms with Crippen LogP contribution in [-0.2, 0) is 9.84 Å². The van der Waals surface area contributed by atoms with Gasteiger partial charge in [0.05, 0.1) is 26.7 Å². The highest BCUT2D eigenvalue weighted by atomic mass is 35.5. The molecule has 9 heteroatoms. The van der Waals surface area contributed by atoms with E-state index < -0.39 is 16.4 Å². The van der Waals surface area contributed by atoms with Crippen LogP contribution in [-0.4, -0.2) is 30.8 Å². The molecule has 0 bridgehead atoms. The Hall–Kier alpha value is -2.97. The van der Waals surface area contributed by atoms with Crippen molar-refractivity contribution in [2.75, 3.05) is 5.75 Å². The summed E-state index contributed by atoms with van der Waals surface area (Å²) in [5.74, 6) is 1.16. The van der Waals surface area contributed by atoms with Gasteiger partial charge in [0.2, 0.25) is 0 Å². The van der Waals surface area contributed by atoms with Gasteiger partial charge in [0, 0.05) is 17.0 Å². The second-order valence-electron chi connectivity index (χ2n) is 9.10. The molecule has 5 nitrogen and oxygen atoms in total. The Balaban J connectivity index is 1.47. The van der Waals surface area contributed by atoms with Crippen LogP contribution >= 0.6 is 11.6 Å². The predicted molar refractivity (Wildman–Crippen MR) is 137 cm³/mol. The quantitative estimate of drug-likeness (QED) is 0.248. The van der Waals surface area contributed by atoms with Crippen LogP contribution < -0.4 is 4.74 Å². The number of hydrogen-bond donors (Lipinski definition) is 1. The third kappa shape index (κ3) is 5.11. The van der Waals surface area contributed by atoms with Crippen molar-refractivity contribution in [3.63, 3.8) is 0 Å². The maximum absolute atomic E-state index is 12.9. The standard InChI is InChI=1S/C27H25ClF2N2O3S/c1-2-19(17-9-11-18(12-10-17)36(33,34)15-16-7-8-16)26-31-23-13-21(22(28)14-24(23)32-26)20-5-3-4-6-25(20)35-27(29)30/h3-6,9-14,16,19,27H,2,7-8,15H2,1H3,(H,31,32)/t19-/m0/s1. The summed E-state index contributed by atoms with van der Waals surface area (Å²) in [5, 5.41) is 0.376.